The molecular formula is C19H18N6. The molecular weight excluding hydrogens is 312 g/mol. The van der Waals surface area contributed by atoms with Gasteiger partial charge in [-0.15, -0.1) is 0 Å². The molecule has 0 aromatic carbocycles. The zero-order chi connectivity index (χ0) is 17.2. The normalized spacial score (nSPS) is 13.2. The molecule has 4 rings (SSSR count). The summed E-state index contributed by atoms with van der Waals surface area (Å²) in [6.07, 6.45) is 9.53. The summed E-state index contributed by atoms with van der Waals surface area (Å²) in [5.74, 6) is 8.59. The van der Waals surface area contributed by atoms with Gasteiger partial charge in [-0.3, -0.25) is 14.5 Å². The Morgan fingerprint density at radius 3 is 2.84 bits per heavy atom. The third kappa shape index (κ3) is 3.66. The predicted molar refractivity (Wildman–Crippen MR) is 95.5 cm³/mol. The summed E-state index contributed by atoms with van der Waals surface area (Å²) in [6.45, 7) is 3.88. The predicted octanol–water partition coefficient (Wildman–Crippen LogP) is 2.65. The second kappa shape index (κ2) is 6.36. The van der Waals surface area contributed by atoms with Crippen LogP contribution in [0.5, 0.6) is 0 Å². The lowest BCUT2D eigenvalue weighted by atomic mass is 10.2. The average molecular weight is 330 g/mol. The lowest BCUT2D eigenvalue weighted by Gasteiger charge is -2.06. The van der Waals surface area contributed by atoms with Gasteiger partial charge in [-0.1, -0.05) is 5.92 Å². The molecule has 6 heteroatoms. The van der Waals surface area contributed by atoms with Crippen molar-refractivity contribution in [1.82, 2.24) is 24.5 Å². The van der Waals surface area contributed by atoms with Crippen molar-refractivity contribution < 1.29 is 0 Å². The molecule has 3 aromatic heterocycles. The van der Waals surface area contributed by atoms with Gasteiger partial charge < -0.3 is 5.32 Å². The van der Waals surface area contributed by atoms with Crippen molar-refractivity contribution >= 4 is 5.82 Å². The third-order valence-electron chi connectivity index (χ3n) is 3.91. The first kappa shape index (κ1) is 15.3. The second-order valence-electron chi connectivity index (χ2n) is 6.16. The van der Waals surface area contributed by atoms with Crippen LogP contribution < -0.4 is 5.32 Å². The van der Waals surface area contributed by atoms with E-state index in [9.17, 15) is 0 Å². The van der Waals surface area contributed by atoms with Crippen molar-refractivity contribution in [2.45, 2.75) is 32.7 Å². The molecule has 0 bridgehead atoms. The highest BCUT2D eigenvalue weighted by molar-refractivity contribution is 5.42. The zero-order valence-corrected chi connectivity index (χ0v) is 14.2. The van der Waals surface area contributed by atoms with E-state index in [1.54, 1.807) is 18.6 Å². The molecule has 0 aliphatic heterocycles. The van der Waals surface area contributed by atoms with E-state index in [2.05, 4.69) is 37.1 Å². The van der Waals surface area contributed by atoms with Crippen molar-refractivity contribution in [1.29, 1.82) is 0 Å². The van der Waals surface area contributed by atoms with Gasteiger partial charge in [0, 0.05) is 29.7 Å². The number of rotatable bonds is 3. The Morgan fingerprint density at radius 2 is 2.04 bits per heavy atom. The van der Waals surface area contributed by atoms with E-state index in [1.807, 2.05) is 36.7 Å². The van der Waals surface area contributed by atoms with E-state index in [0.717, 1.165) is 28.7 Å². The van der Waals surface area contributed by atoms with Crippen LogP contribution in [0, 0.1) is 25.7 Å². The molecule has 0 amide bonds. The molecule has 1 fully saturated rings. The number of anilines is 1. The number of aromatic nitrogens is 5. The van der Waals surface area contributed by atoms with Gasteiger partial charge in [0.2, 0.25) is 0 Å². The highest BCUT2D eigenvalue weighted by atomic mass is 15.2. The molecule has 0 saturated heterocycles. The maximum Gasteiger partial charge on any atom is 0.159 e. The molecule has 0 spiro atoms. The molecule has 0 radical (unpaired) electrons. The standard InChI is InChI=1S/C19H18N6/c1-13-9-15(7-8-21-13)3-4-17-12-25(14(2)22-17)19-11-20-10-18(24-19)23-16-5-6-16/h7-12,16H,5-6H2,1-2H3,(H,23,24). The highest BCUT2D eigenvalue weighted by Crippen LogP contribution is 2.23. The largest absolute Gasteiger partial charge is 0.366 e. The van der Waals surface area contributed by atoms with Gasteiger partial charge in [-0.05, 0) is 44.7 Å². The smallest absolute Gasteiger partial charge is 0.159 e. The molecule has 1 N–H and O–H groups in total. The van der Waals surface area contributed by atoms with Gasteiger partial charge in [-0.25, -0.2) is 9.97 Å². The van der Waals surface area contributed by atoms with Gasteiger partial charge in [0.25, 0.3) is 0 Å². The lowest BCUT2D eigenvalue weighted by Crippen LogP contribution is -2.06. The molecule has 25 heavy (non-hydrogen) atoms. The highest BCUT2D eigenvalue weighted by Gasteiger charge is 2.21. The number of nitrogens with zero attached hydrogens (tertiary/aromatic N) is 5. The van der Waals surface area contributed by atoms with Gasteiger partial charge in [0.15, 0.2) is 5.82 Å². The van der Waals surface area contributed by atoms with E-state index in [-0.39, 0.29) is 0 Å². The number of aryl methyl sites for hydroxylation is 2. The molecule has 1 saturated carbocycles. The van der Waals surface area contributed by atoms with Crippen LogP contribution in [-0.2, 0) is 0 Å². The molecule has 1 aliphatic rings. The minimum atomic E-state index is 0.540. The van der Waals surface area contributed by atoms with Gasteiger partial charge in [0.1, 0.15) is 17.3 Å². The summed E-state index contributed by atoms with van der Waals surface area (Å²) >= 11 is 0. The molecule has 124 valence electrons. The third-order valence-corrected chi connectivity index (χ3v) is 3.91. The van der Waals surface area contributed by atoms with Crippen molar-refractivity contribution in [2.75, 3.05) is 5.32 Å². The Labute approximate surface area is 146 Å². The van der Waals surface area contributed by atoms with E-state index >= 15 is 0 Å². The topological polar surface area (TPSA) is 68.5 Å². The zero-order valence-electron chi connectivity index (χ0n) is 14.2. The summed E-state index contributed by atoms with van der Waals surface area (Å²) in [7, 11) is 0. The first-order chi connectivity index (χ1) is 12.2. The monoisotopic (exact) mass is 330 g/mol. The van der Waals surface area contributed by atoms with Gasteiger partial charge in [-0.2, -0.15) is 0 Å². The van der Waals surface area contributed by atoms with Crippen LogP contribution >= 0.6 is 0 Å². The molecule has 3 aromatic rings. The molecule has 0 unspecified atom stereocenters. The van der Waals surface area contributed by atoms with Crippen molar-refractivity contribution in [3.8, 4) is 17.7 Å². The molecule has 1 aliphatic carbocycles. The van der Waals surface area contributed by atoms with Gasteiger partial charge in [0.05, 0.1) is 12.4 Å². The minimum absolute atomic E-state index is 0.540. The Morgan fingerprint density at radius 1 is 1.16 bits per heavy atom. The van der Waals surface area contributed by atoms with Crippen LogP contribution in [0.1, 0.15) is 35.6 Å². The van der Waals surface area contributed by atoms with Crippen molar-refractivity contribution in [3.63, 3.8) is 0 Å². The van der Waals surface area contributed by atoms with E-state index in [0.29, 0.717) is 11.7 Å². The van der Waals surface area contributed by atoms with Gasteiger partial charge >= 0.3 is 0 Å². The van der Waals surface area contributed by atoms with Crippen LogP contribution in [0.2, 0.25) is 0 Å². The van der Waals surface area contributed by atoms with Crippen LogP contribution in [-0.4, -0.2) is 30.5 Å². The summed E-state index contributed by atoms with van der Waals surface area (Å²) in [6, 6.07) is 4.39. The Kier molecular flexibility index (Phi) is 3.90. The van der Waals surface area contributed by atoms with Crippen molar-refractivity contribution in [3.05, 3.63) is 59.7 Å². The van der Waals surface area contributed by atoms with Crippen LogP contribution in [0.3, 0.4) is 0 Å². The van der Waals surface area contributed by atoms with Crippen LogP contribution in [0.25, 0.3) is 5.82 Å². The quantitative estimate of drug-likeness (QED) is 0.748. The Bertz CT molecular complexity index is 975. The number of hydrogen-bond donors (Lipinski definition) is 1. The Balaban J connectivity index is 1.60. The average Bonchev–Trinajstić information content (AvgIpc) is 3.33. The summed E-state index contributed by atoms with van der Waals surface area (Å²) < 4.78 is 1.91. The fourth-order valence-corrected chi connectivity index (χ4v) is 2.50. The summed E-state index contributed by atoms with van der Waals surface area (Å²) in [4.78, 5) is 17.6. The fourth-order valence-electron chi connectivity index (χ4n) is 2.50. The maximum absolute atomic E-state index is 4.62. The number of pyridine rings is 1. The van der Waals surface area contributed by atoms with Crippen molar-refractivity contribution in [2.24, 2.45) is 0 Å². The molecule has 6 nitrogen and oxygen atoms in total. The lowest BCUT2D eigenvalue weighted by molar-refractivity contribution is 0.915. The number of imidazole rings is 1. The molecule has 3 heterocycles. The fraction of sp³-hybridized carbons (Fsp3) is 0.263. The first-order valence-corrected chi connectivity index (χ1v) is 8.27. The second-order valence-corrected chi connectivity index (χ2v) is 6.16. The number of nitrogens with one attached hydrogen (secondary N) is 1. The Hall–Kier alpha value is -3.20. The maximum atomic E-state index is 4.62. The first-order valence-electron chi connectivity index (χ1n) is 8.27. The van der Waals surface area contributed by atoms with E-state index < -0.39 is 0 Å². The summed E-state index contributed by atoms with van der Waals surface area (Å²) in [5.41, 5.74) is 2.58. The van der Waals surface area contributed by atoms with E-state index in [4.69, 9.17) is 0 Å². The molecule has 0 atom stereocenters. The minimum Gasteiger partial charge on any atom is -0.366 e. The van der Waals surface area contributed by atoms with Crippen LogP contribution in [0.4, 0.5) is 5.82 Å². The van der Waals surface area contributed by atoms with E-state index in [1.165, 1.54) is 12.8 Å². The number of hydrogen-bond acceptors (Lipinski definition) is 5. The summed E-state index contributed by atoms with van der Waals surface area (Å²) in [5, 5.41) is 3.36. The SMILES string of the molecule is Cc1cc(C#Cc2cn(-c3cncc(NC4CC4)n3)c(C)n2)ccn1. The van der Waals surface area contributed by atoms with Crippen LogP contribution in [0.15, 0.2) is 36.9 Å².